The molecule has 0 saturated carbocycles. The van der Waals surface area contributed by atoms with E-state index in [-0.39, 0.29) is 30.7 Å². The number of hydrogen-bond donors (Lipinski definition) is 2. The third-order valence-corrected chi connectivity index (χ3v) is 3.11. The monoisotopic (exact) mass is 359 g/mol. The largest absolute Gasteiger partial charge is 0.351 e. The van der Waals surface area contributed by atoms with Gasteiger partial charge in [0.2, 0.25) is 5.91 Å². The molecule has 0 spiro atoms. The van der Waals surface area contributed by atoms with Crippen LogP contribution in [-0.2, 0) is 11.3 Å². The van der Waals surface area contributed by atoms with E-state index in [0.29, 0.717) is 18.9 Å². The Balaban J connectivity index is 0.00000242. The lowest BCUT2D eigenvalue weighted by molar-refractivity contribution is -0.122. The number of carbonyl (C=O) groups excluding carboxylic acids is 1. The first-order valence-electron chi connectivity index (χ1n) is 7.03. The molecule has 0 bridgehead atoms. The van der Waals surface area contributed by atoms with Gasteiger partial charge >= 0.3 is 0 Å². The topological polar surface area (TPSA) is 85.8 Å². The first-order chi connectivity index (χ1) is 10.1. The Kier molecular flexibility index (Phi) is 9.48. The Morgan fingerprint density at radius 3 is 2.70 bits per heavy atom. The Hall–Kier alpha value is -1.63. The number of pyridine rings is 1. The van der Waals surface area contributed by atoms with Crippen molar-refractivity contribution in [1.82, 2.24) is 19.9 Å². The highest BCUT2D eigenvalue weighted by molar-refractivity contribution is 5.85. The maximum Gasteiger partial charge on any atom is 0.237 e. The molecule has 23 heavy (non-hydrogen) atoms. The minimum Gasteiger partial charge on any atom is -0.351 e. The normalized spacial score (nSPS) is 11.3. The van der Waals surface area contributed by atoms with Gasteiger partial charge in [0, 0.05) is 25.1 Å². The summed E-state index contributed by atoms with van der Waals surface area (Å²) in [7, 11) is 0. The van der Waals surface area contributed by atoms with Gasteiger partial charge < -0.3 is 11.1 Å². The number of amides is 1. The number of hydrogen-bond acceptors (Lipinski definition) is 4. The molecule has 2 aromatic rings. The second-order valence-electron chi connectivity index (χ2n) is 5.45. The second-order valence-corrected chi connectivity index (χ2v) is 5.45. The van der Waals surface area contributed by atoms with E-state index in [2.05, 4.69) is 15.3 Å². The van der Waals surface area contributed by atoms with Crippen LogP contribution < -0.4 is 11.1 Å². The molecule has 6 nitrogen and oxygen atoms in total. The summed E-state index contributed by atoms with van der Waals surface area (Å²) < 4.78 is 1.82. The number of nitrogens with one attached hydrogen (secondary N) is 1. The van der Waals surface area contributed by atoms with Crippen LogP contribution in [0.5, 0.6) is 0 Å². The van der Waals surface area contributed by atoms with Crippen molar-refractivity contribution >= 4 is 30.7 Å². The summed E-state index contributed by atoms with van der Waals surface area (Å²) in [5, 5.41) is 2.86. The Morgan fingerprint density at radius 2 is 2.09 bits per heavy atom. The van der Waals surface area contributed by atoms with Crippen molar-refractivity contribution in [2.24, 2.45) is 11.7 Å². The lowest BCUT2D eigenvalue weighted by atomic mass is 10.0. The van der Waals surface area contributed by atoms with E-state index in [1.165, 1.54) is 0 Å². The van der Waals surface area contributed by atoms with Crippen molar-refractivity contribution in [1.29, 1.82) is 0 Å². The van der Waals surface area contributed by atoms with E-state index >= 15 is 0 Å². The Morgan fingerprint density at radius 1 is 1.35 bits per heavy atom. The van der Waals surface area contributed by atoms with Gasteiger partial charge in [0.15, 0.2) is 0 Å². The van der Waals surface area contributed by atoms with Crippen LogP contribution in [0.4, 0.5) is 0 Å². The molecule has 0 aromatic carbocycles. The highest BCUT2D eigenvalue weighted by Gasteiger charge is 2.14. The molecule has 128 valence electrons. The van der Waals surface area contributed by atoms with E-state index < -0.39 is 6.04 Å². The van der Waals surface area contributed by atoms with Gasteiger partial charge in [0.1, 0.15) is 12.1 Å². The van der Waals surface area contributed by atoms with Gasteiger partial charge in [-0.05, 0) is 30.0 Å². The standard InChI is InChI=1S/C15H21N5O.2ClH/c1-11(2)7-13(16)15(21)19-9-12-3-4-18-14(8-12)20-6-5-17-10-20;;/h3-6,8,10-11,13H,7,9,16H2,1-2H3,(H,19,21);2*1H/t13-;;/m0../s1. The second kappa shape index (κ2) is 10.2. The lowest BCUT2D eigenvalue weighted by Crippen LogP contribution is -2.41. The number of aromatic nitrogens is 3. The van der Waals surface area contributed by atoms with Crippen molar-refractivity contribution in [3.63, 3.8) is 0 Å². The fourth-order valence-electron chi connectivity index (χ4n) is 2.04. The fraction of sp³-hybridized carbons (Fsp3) is 0.400. The average molecular weight is 360 g/mol. The van der Waals surface area contributed by atoms with Crippen molar-refractivity contribution in [3.8, 4) is 5.82 Å². The zero-order valence-electron chi connectivity index (χ0n) is 13.2. The van der Waals surface area contributed by atoms with Crippen LogP contribution in [0.3, 0.4) is 0 Å². The van der Waals surface area contributed by atoms with Crippen LogP contribution in [0.1, 0.15) is 25.8 Å². The van der Waals surface area contributed by atoms with E-state index in [0.717, 1.165) is 11.4 Å². The predicted octanol–water partition coefficient (Wildman–Crippen LogP) is 2.10. The number of carbonyl (C=O) groups is 1. The van der Waals surface area contributed by atoms with Gasteiger partial charge in [-0.25, -0.2) is 9.97 Å². The van der Waals surface area contributed by atoms with Crippen molar-refractivity contribution in [3.05, 3.63) is 42.6 Å². The summed E-state index contributed by atoms with van der Waals surface area (Å²) in [5.41, 5.74) is 6.82. The lowest BCUT2D eigenvalue weighted by Gasteiger charge is -2.14. The molecule has 1 atom stereocenters. The van der Waals surface area contributed by atoms with Crippen LogP contribution in [0.15, 0.2) is 37.1 Å². The molecule has 0 aliphatic rings. The van der Waals surface area contributed by atoms with Gasteiger partial charge in [0.25, 0.3) is 0 Å². The molecule has 2 rings (SSSR count). The number of imidazole rings is 1. The third kappa shape index (κ3) is 6.56. The summed E-state index contributed by atoms with van der Waals surface area (Å²) in [6.45, 7) is 4.54. The number of rotatable bonds is 6. The summed E-state index contributed by atoms with van der Waals surface area (Å²) in [4.78, 5) is 20.2. The Labute approximate surface area is 148 Å². The van der Waals surface area contributed by atoms with Gasteiger partial charge in [-0.15, -0.1) is 24.8 Å². The van der Waals surface area contributed by atoms with Crippen LogP contribution in [0.25, 0.3) is 5.82 Å². The number of nitrogens with zero attached hydrogens (tertiary/aromatic N) is 3. The number of nitrogens with two attached hydrogens (primary N) is 1. The van der Waals surface area contributed by atoms with Crippen LogP contribution in [0, 0.1) is 5.92 Å². The third-order valence-electron chi connectivity index (χ3n) is 3.11. The SMILES string of the molecule is CC(C)C[C@H](N)C(=O)NCc1ccnc(-n2ccnc2)c1.Cl.Cl. The molecule has 0 aliphatic heterocycles. The molecule has 2 aromatic heterocycles. The summed E-state index contributed by atoms with van der Waals surface area (Å²) in [6, 6.07) is 3.32. The summed E-state index contributed by atoms with van der Waals surface area (Å²) >= 11 is 0. The maximum atomic E-state index is 11.9. The molecule has 0 fully saturated rings. The zero-order chi connectivity index (χ0) is 15.2. The van der Waals surface area contributed by atoms with Crippen LogP contribution in [0.2, 0.25) is 0 Å². The Bertz CT molecular complexity index is 589. The van der Waals surface area contributed by atoms with Gasteiger partial charge in [-0.2, -0.15) is 0 Å². The molecule has 0 unspecified atom stereocenters. The van der Waals surface area contributed by atoms with Crippen molar-refractivity contribution in [2.45, 2.75) is 32.9 Å². The summed E-state index contributed by atoms with van der Waals surface area (Å²) in [5.74, 6) is 1.05. The molecule has 3 N–H and O–H groups in total. The van der Waals surface area contributed by atoms with Crippen molar-refractivity contribution in [2.75, 3.05) is 0 Å². The molecule has 2 heterocycles. The van der Waals surface area contributed by atoms with Crippen LogP contribution in [-0.4, -0.2) is 26.5 Å². The van der Waals surface area contributed by atoms with Gasteiger partial charge in [-0.3, -0.25) is 9.36 Å². The first kappa shape index (κ1) is 21.4. The van der Waals surface area contributed by atoms with E-state index in [1.807, 2.05) is 36.7 Å². The molecule has 0 saturated heterocycles. The smallest absolute Gasteiger partial charge is 0.237 e. The summed E-state index contributed by atoms with van der Waals surface area (Å²) in [6.07, 6.45) is 7.60. The predicted molar refractivity (Wildman–Crippen MR) is 95.1 cm³/mol. The molecule has 0 radical (unpaired) electrons. The van der Waals surface area contributed by atoms with E-state index in [1.54, 1.807) is 18.7 Å². The highest BCUT2D eigenvalue weighted by Crippen LogP contribution is 2.07. The molecular weight excluding hydrogens is 337 g/mol. The van der Waals surface area contributed by atoms with Crippen molar-refractivity contribution < 1.29 is 4.79 Å². The van der Waals surface area contributed by atoms with E-state index in [4.69, 9.17) is 5.73 Å². The number of halogens is 2. The minimum absolute atomic E-state index is 0. The quantitative estimate of drug-likeness (QED) is 0.826. The van der Waals surface area contributed by atoms with Gasteiger partial charge in [0.05, 0.1) is 6.04 Å². The molecule has 0 aliphatic carbocycles. The first-order valence-corrected chi connectivity index (χ1v) is 7.03. The zero-order valence-corrected chi connectivity index (χ0v) is 14.8. The molecule has 8 heteroatoms. The minimum atomic E-state index is -0.458. The van der Waals surface area contributed by atoms with E-state index in [9.17, 15) is 4.79 Å². The van der Waals surface area contributed by atoms with Crippen LogP contribution >= 0.6 is 24.8 Å². The highest BCUT2D eigenvalue weighted by atomic mass is 35.5. The maximum absolute atomic E-state index is 11.9. The fourth-order valence-corrected chi connectivity index (χ4v) is 2.04. The molecule has 1 amide bonds. The average Bonchev–Trinajstić information content (AvgIpc) is 2.98. The van der Waals surface area contributed by atoms with Gasteiger partial charge in [-0.1, -0.05) is 13.8 Å². The molecular formula is C15H23Cl2N5O.